The summed E-state index contributed by atoms with van der Waals surface area (Å²) in [6.45, 7) is 0. The normalized spacial score (nSPS) is 16.7. The summed E-state index contributed by atoms with van der Waals surface area (Å²) in [5.41, 5.74) is 1.48. The molecule has 2 aromatic carbocycles. The lowest BCUT2D eigenvalue weighted by Gasteiger charge is -2.08. The number of nitrogens with zero attached hydrogens (tertiary/aromatic N) is 1. The Bertz CT molecular complexity index is 936. The molecule has 4 rings (SSSR count). The predicted octanol–water partition coefficient (Wildman–Crippen LogP) is 5.41. The lowest BCUT2D eigenvalue weighted by molar-refractivity contribution is -0.133. The zero-order valence-electron chi connectivity index (χ0n) is 13.3. The van der Waals surface area contributed by atoms with Gasteiger partial charge in [-0.1, -0.05) is 65.8 Å². The van der Waals surface area contributed by atoms with E-state index in [0.717, 1.165) is 5.56 Å². The first-order valence-corrected chi connectivity index (χ1v) is 8.66. The van der Waals surface area contributed by atoms with E-state index in [0.29, 0.717) is 27.6 Å². The van der Waals surface area contributed by atoms with E-state index in [1.54, 1.807) is 30.3 Å². The van der Waals surface area contributed by atoms with Crippen molar-refractivity contribution in [1.29, 1.82) is 0 Å². The zero-order chi connectivity index (χ0) is 18.1. The highest BCUT2D eigenvalue weighted by molar-refractivity contribution is 7.12. The number of hydrogen-bond donors (Lipinski definition) is 1. The summed E-state index contributed by atoms with van der Waals surface area (Å²) in [7, 11) is 0. The molecule has 3 aromatic rings. The van der Waals surface area contributed by atoms with Gasteiger partial charge in [-0.3, -0.25) is 0 Å². The summed E-state index contributed by atoms with van der Waals surface area (Å²) in [4.78, 5) is 5.12. The van der Waals surface area contributed by atoms with Gasteiger partial charge >= 0.3 is 6.18 Å². The van der Waals surface area contributed by atoms with Gasteiger partial charge in [0.25, 0.3) is 0 Å². The van der Waals surface area contributed by atoms with Crippen LogP contribution in [-0.4, -0.2) is 5.84 Å². The fourth-order valence-electron chi connectivity index (χ4n) is 2.72. The first kappa shape index (κ1) is 16.7. The van der Waals surface area contributed by atoms with Crippen molar-refractivity contribution in [3.8, 4) is 11.1 Å². The molecule has 26 heavy (non-hydrogen) atoms. The Morgan fingerprint density at radius 3 is 2.15 bits per heavy atom. The van der Waals surface area contributed by atoms with Gasteiger partial charge in [-0.05, 0) is 11.6 Å². The Morgan fingerprint density at radius 1 is 0.923 bits per heavy atom. The number of benzene rings is 2. The maximum atomic E-state index is 13.5. The molecule has 1 aliphatic heterocycles. The summed E-state index contributed by atoms with van der Waals surface area (Å²) in [5.74, 6) is 0.499. The van der Waals surface area contributed by atoms with E-state index in [9.17, 15) is 13.2 Å². The van der Waals surface area contributed by atoms with Crippen molar-refractivity contribution in [2.45, 2.75) is 12.4 Å². The van der Waals surface area contributed by atoms with E-state index < -0.39 is 17.3 Å². The highest BCUT2D eigenvalue weighted by atomic mass is 32.1. The molecule has 132 valence electrons. The Balaban J connectivity index is 1.66. The minimum absolute atomic E-state index is 0.150. The fourth-order valence-corrected chi connectivity index (χ4v) is 3.74. The number of hydrogen-bond acceptors (Lipinski definition) is 4. The van der Waals surface area contributed by atoms with Crippen molar-refractivity contribution in [2.75, 3.05) is 0 Å². The topological polar surface area (TPSA) is 33.6 Å². The van der Waals surface area contributed by atoms with Gasteiger partial charge in [0.15, 0.2) is 5.84 Å². The highest BCUT2D eigenvalue weighted by Gasteiger charge is 2.38. The van der Waals surface area contributed by atoms with Crippen molar-refractivity contribution < 1.29 is 18.0 Å². The Hall–Kier alpha value is -2.80. The van der Waals surface area contributed by atoms with Crippen LogP contribution in [0, 0.1) is 0 Å². The molecule has 1 aliphatic rings. The monoisotopic (exact) mass is 374 g/mol. The first-order valence-electron chi connectivity index (χ1n) is 7.84. The molecule has 0 radical (unpaired) electrons. The zero-order valence-corrected chi connectivity index (χ0v) is 14.1. The molecule has 1 N–H and O–H groups in total. The molecule has 7 heteroatoms. The van der Waals surface area contributed by atoms with Crippen LogP contribution < -0.4 is 5.32 Å². The molecule has 0 bridgehead atoms. The van der Waals surface area contributed by atoms with Crippen LogP contribution in [0.25, 0.3) is 11.1 Å². The Labute approximate surface area is 151 Å². The molecule has 3 nitrogen and oxygen atoms in total. The van der Waals surface area contributed by atoms with Gasteiger partial charge in [0.2, 0.25) is 6.23 Å². The number of halogens is 3. The molecular weight excluding hydrogens is 361 g/mol. The van der Waals surface area contributed by atoms with Gasteiger partial charge in [0, 0.05) is 11.1 Å². The molecule has 2 heterocycles. The lowest BCUT2D eigenvalue weighted by atomic mass is 10.1. The second kappa shape index (κ2) is 6.49. The molecule has 0 aliphatic carbocycles. The van der Waals surface area contributed by atoms with Gasteiger partial charge in [-0.15, -0.1) is 11.3 Å². The lowest BCUT2D eigenvalue weighted by Crippen LogP contribution is -2.22. The van der Waals surface area contributed by atoms with E-state index in [1.165, 1.54) is 6.07 Å². The third kappa shape index (κ3) is 3.17. The molecule has 0 fully saturated rings. The van der Waals surface area contributed by atoms with Gasteiger partial charge < -0.3 is 10.2 Å². The molecule has 0 saturated heterocycles. The van der Waals surface area contributed by atoms with Gasteiger partial charge in [-0.25, -0.2) is 0 Å². The third-order valence-corrected chi connectivity index (χ3v) is 5.14. The third-order valence-electron chi connectivity index (χ3n) is 3.92. The van der Waals surface area contributed by atoms with Crippen molar-refractivity contribution in [2.24, 2.45) is 5.16 Å². The molecular formula is C19H13F3N2OS. The average Bonchev–Trinajstić information content (AvgIpc) is 3.30. The molecule has 0 spiro atoms. The summed E-state index contributed by atoms with van der Waals surface area (Å²) >= 11 is 0.670. The van der Waals surface area contributed by atoms with E-state index in [1.807, 2.05) is 30.3 Å². The van der Waals surface area contributed by atoms with Gasteiger partial charge in [0.05, 0.1) is 4.88 Å². The van der Waals surface area contributed by atoms with Gasteiger partial charge in [0.1, 0.15) is 4.88 Å². The van der Waals surface area contributed by atoms with Crippen LogP contribution in [0.2, 0.25) is 0 Å². The Kier molecular flexibility index (Phi) is 4.16. The standard InChI is InChI=1S/C19H13F3N2OS/c20-19(21,22)16-14(12-7-3-1-4-8-12)11-15(26-16)18-23-17(24-25-18)13-9-5-2-6-10-13/h1-11,18H,(H,23,24). The highest BCUT2D eigenvalue weighted by Crippen LogP contribution is 2.44. The molecule has 1 aromatic heterocycles. The van der Waals surface area contributed by atoms with Crippen LogP contribution in [-0.2, 0) is 11.0 Å². The number of rotatable bonds is 3. The van der Waals surface area contributed by atoms with Crippen LogP contribution >= 0.6 is 11.3 Å². The quantitative estimate of drug-likeness (QED) is 0.665. The summed E-state index contributed by atoms with van der Waals surface area (Å²) < 4.78 is 40.5. The van der Waals surface area contributed by atoms with Crippen LogP contribution in [0.5, 0.6) is 0 Å². The average molecular weight is 374 g/mol. The van der Waals surface area contributed by atoms with Crippen LogP contribution in [0.15, 0.2) is 71.9 Å². The second-order valence-corrected chi connectivity index (χ2v) is 6.77. The molecule has 1 unspecified atom stereocenters. The summed E-state index contributed by atoms with van der Waals surface area (Å²) in [6.07, 6.45) is -5.18. The van der Waals surface area contributed by atoms with E-state index in [4.69, 9.17) is 4.84 Å². The molecule has 0 saturated carbocycles. The van der Waals surface area contributed by atoms with Crippen LogP contribution in [0.4, 0.5) is 13.2 Å². The maximum absolute atomic E-state index is 13.5. The van der Waals surface area contributed by atoms with Crippen molar-refractivity contribution in [3.63, 3.8) is 0 Å². The smallest absolute Gasteiger partial charge is 0.363 e. The van der Waals surface area contributed by atoms with E-state index in [2.05, 4.69) is 10.5 Å². The van der Waals surface area contributed by atoms with Crippen molar-refractivity contribution in [1.82, 2.24) is 5.32 Å². The number of amidine groups is 1. The van der Waals surface area contributed by atoms with E-state index >= 15 is 0 Å². The molecule has 1 atom stereocenters. The SMILES string of the molecule is FC(F)(F)c1sc(C2NC(c3ccccc3)=NO2)cc1-c1ccccc1. The van der Waals surface area contributed by atoms with Crippen LogP contribution in [0.3, 0.4) is 0 Å². The van der Waals surface area contributed by atoms with Crippen molar-refractivity contribution >= 4 is 17.2 Å². The van der Waals surface area contributed by atoms with E-state index in [-0.39, 0.29) is 5.56 Å². The second-order valence-electron chi connectivity index (χ2n) is 5.69. The largest absolute Gasteiger partial charge is 0.426 e. The molecule has 0 amide bonds. The number of thiophene rings is 1. The van der Waals surface area contributed by atoms with Crippen molar-refractivity contribution in [3.05, 3.63) is 82.0 Å². The summed E-state index contributed by atoms with van der Waals surface area (Å²) in [6, 6.07) is 19.3. The fraction of sp³-hybridized carbons (Fsp3) is 0.105. The predicted molar refractivity (Wildman–Crippen MR) is 94.7 cm³/mol. The van der Waals surface area contributed by atoms with Gasteiger partial charge in [-0.2, -0.15) is 13.2 Å². The minimum atomic E-state index is -4.43. The first-order chi connectivity index (χ1) is 12.5. The minimum Gasteiger partial charge on any atom is -0.363 e. The number of nitrogens with one attached hydrogen (secondary N) is 1. The summed E-state index contributed by atoms with van der Waals surface area (Å²) in [5, 5.41) is 7.01. The van der Waals surface area contributed by atoms with Crippen LogP contribution in [0.1, 0.15) is 21.5 Å². The Morgan fingerprint density at radius 2 is 1.54 bits per heavy atom. The number of oxime groups is 1. The number of alkyl halides is 3. The maximum Gasteiger partial charge on any atom is 0.426 e.